The summed E-state index contributed by atoms with van der Waals surface area (Å²) in [6.45, 7) is 5.81. The van der Waals surface area contributed by atoms with Crippen LogP contribution in [-0.4, -0.2) is 65.2 Å². The summed E-state index contributed by atoms with van der Waals surface area (Å²) < 4.78 is 12.8. The number of hydrogen-bond donors (Lipinski definition) is 1. The molecule has 37 heavy (non-hydrogen) atoms. The lowest BCUT2D eigenvalue weighted by atomic mass is 9.75. The number of ether oxygens (including phenoxy) is 2. The average molecular weight is 505 g/mol. The molecule has 192 valence electrons. The molecule has 2 bridgehead atoms. The van der Waals surface area contributed by atoms with E-state index in [4.69, 9.17) is 9.47 Å². The molecule has 2 aromatic rings. The van der Waals surface area contributed by atoms with Crippen molar-refractivity contribution < 1.29 is 23.9 Å². The number of carbonyl (C=O) groups is 3. The molecule has 6 rings (SSSR count). The molecule has 10 heteroatoms. The molecule has 4 aliphatic rings. The molecule has 1 aromatic heterocycles. The third kappa shape index (κ3) is 3.92. The number of fused-ring (bicyclic) bond motifs is 5. The van der Waals surface area contributed by atoms with Crippen molar-refractivity contribution in [2.45, 2.75) is 25.3 Å². The first-order chi connectivity index (χ1) is 17.9. The maximum atomic E-state index is 13.9. The number of rotatable bonds is 6. The molecule has 0 spiro atoms. The highest BCUT2D eigenvalue weighted by Gasteiger charge is 2.55. The second-order valence-electron chi connectivity index (χ2n) is 10.3. The van der Waals surface area contributed by atoms with Gasteiger partial charge >= 0.3 is 6.03 Å². The minimum absolute atomic E-state index is 0.000318. The Kier molecular flexibility index (Phi) is 5.63. The van der Waals surface area contributed by atoms with Crippen molar-refractivity contribution in [1.82, 2.24) is 19.7 Å². The first kappa shape index (κ1) is 23.5. The van der Waals surface area contributed by atoms with Crippen molar-refractivity contribution in [3.63, 3.8) is 0 Å². The van der Waals surface area contributed by atoms with Gasteiger partial charge in [-0.2, -0.15) is 0 Å². The lowest BCUT2D eigenvalue weighted by Gasteiger charge is -2.47. The first-order valence-corrected chi connectivity index (χ1v) is 12.5. The van der Waals surface area contributed by atoms with Crippen molar-refractivity contribution in [2.75, 3.05) is 33.0 Å². The monoisotopic (exact) mass is 504 g/mol. The maximum absolute atomic E-state index is 13.9. The summed E-state index contributed by atoms with van der Waals surface area (Å²) in [6, 6.07) is 9.98. The molecule has 4 aliphatic heterocycles. The Hall–Kier alpha value is -3.92. The van der Waals surface area contributed by atoms with Crippen molar-refractivity contribution in [3.05, 3.63) is 70.7 Å². The number of carbonyl (C=O) groups excluding carboxylic acids is 3. The highest BCUT2D eigenvalue weighted by atomic mass is 16.7. The summed E-state index contributed by atoms with van der Waals surface area (Å²) in [5.74, 6) is 0.376. The van der Waals surface area contributed by atoms with E-state index in [1.807, 2.05) is 16.7 Å². The van der Waals surface area contributed by atoms with E-state index in [9.17, 15) is 19.2 Å². The fourth-order valence-corrected chi connectivity index (χ4v) is 6.28. The molecule has 0 saturated carbocycles. The predicted octanol–water partition coefficient (Wildman–Crippen LogP) is 1.49. The van der Waals surface area contributed by atoms with Gasteiger partial charge in [0.05, 0.1) is 0 Å². The molecule has 0 radical (unpaired) electrons. The van der Waals surface area contributed by atoms with Crippen LogP contribution in [-0.2, 0) is 22.6 Å². The van der Waals surface area contributed by atoms with Crippen LogP contribution in [0.2, 0.25) is 0 Å². The fraction of sp³-hybridized carbons (Fsp3) is 0.407. The van der Waals surface area contributed by atoms with Crippen LogP contribution in [0, 0.1) is 11.3 Å². The molecule has 10 nitrogen and oxygen atoms in total. The van der Waals surface area contributed by atoms with Crippen molar-refractivity contribution in [1.29, 1.82) is 0 Å². The Bertz CT molecular complexity index is 1370. The first-order valence-electron chi connectivity index (χ1n) is 12.5. The molecule has 1 aromatic carbocycles. The lowest BCUT2D eigenvalue weighted by Crippen LogP contribution is -2.68. The van der Waals surface area contributed by atoms with E-state index in [0.29, 0.717) is 31.1 Å². The van der Waals surface area contributed by atoms with Gasteiger partial charge in [-0.15, -0.1) is 6.58 Å². The number of nitrogens with one attached hydrogen (secondary N) is 1. The molecular formula is C27H28N4O6. The highest BCUT2D eigenvalue weighted by molar-refractivity contribution is 6.19. The third-order valence-corrected chi connectivity index (χ3v) is 7.86. The zero-order valence-electron chi connectivity index (χ0n) is 20.4. The van der Waals surface area contributed by atoms with Gasteiger partial charge in [-0.1, -0.05) is 18.2 Å². The number of pyridine rings is 1. The fourth-order valence-electron chi connectivity index (χ4n) is 6.28. The molecule has 1 unspecified atom stereocenters. The Labute approximate surface area is 213 Å². The van der Waals surface area contributed by atoms with E-state index in [1.165, 1.54) is 6.08 Å². The maximum Gasteiger partial charge on any atom is 0.331 e. The Morgan fingerprint density at radius 3 is 2.73 bits per heavy atom. The number of barbiturate groups is 1. The quantitative estimate of drug-likeness (QED) is 0.469. The number of urea groups is 1. The Morgan fingerprint density at radius 1 is 1.05 bits per heavy atom. The Balaban J connectivity index is 1.35. The van der Waals surface area contributed by atoms with Crippen LogP contribution in [0.4, 0.5) is 4.79 Å². The van der Waals surface area contributed by atoms with Crippen LogP contribution in [0.1, 0.15) is 23.6 Å². The standard InChI is InChI=1S/C27H28N4O6/c1-2-8-30-25(34)27(24(33)28-26(30)35,11-17-6-7-21-22(10-17)37-16-36-21)15-29-12-18-9-19(14-29)20-4-3-5-23(32)31(20)13-18/h2-7,10,18-19H,1,8-9,11-16H2,(H,28,33,35)/t18-,19-,27?/m1/s1. The predicted molar refractivity (Wildman–Crippen MR) is 132 cm³/mol. The molecular weight excluding hydrogens is 476 g/mol. The number of imide groups is 2. The number of benzene rings is 1. The smallest absolute Gasteiger partial charge is 0.331 e. The van der Waals surface area contributed by atoms with Gasteiger partial charge in [0.2, 0.25) is 18.6 Å². The van der Waals surface area contributed by atoms with E-state index in [-0.39, 0.29) is 43.7 Å². The normalized spacial score (nSPS) is 26.6. The molecule has 4 amide bonds. The van der Waals surface area contributed by atoms with Gasteiger partial charge in [0, 0.05) is 50.4 Å². The summed E-state index contributed by atoms with van der Waals surface area (Å²) in [6.07, 6.45) is 2.52. The van der Waals surface area contributed by atoms with Crippen LogP contribution in [0.5, 0.6) is 11.5 Å². The Morgan fingerprint density at radius 2 is 1.89 bits per heavy atom. The zero-order chi connectivity index (χ0) is 25.7. The van der Waals surface area contributed by atoms with E-state index >= 15 is 0 Å². The van der Waals surface area contributed by atoms with Crippen molar-refractivity contribution in [2.24, 2.45) is 11.3 Å². The van der Waals surface area contributed by atoms with Gasteiger partial charge in [0.25, 0.3) is 5.56 Å². The minimum atomic E-state index is -1.52. The summed E-state index contributed by atoms with van der Waals surface area (Å²) in [4.78, 5) is 55.7. The lowest BCUT2D eigenvalue weighted by molar-refractivity contribution is -0.153. The van der Waals surface area contributed by atoms with Crippen LogP contribution in [0.25, 0.3) is 0 Å². The highest BCUT2D eigenvalue weighted by Crippen LogP contribution is 2.40. The van der Waals surface area contributed by atoms with Gasteiger partial charge in [-0.05, 0) is 42.5 Å². The largest absolute Gasteiger partial charge is 0.454 e. The van der Waals surface area contributed by atoms with Gasteiger partial charge < -0.3 is 18.9 Å². The van der Waals surface area contributed by atoms with E-state index in [0.717, 1.165) is 22.6 Å². The van der Waals surface area contributed by atoms with Gasteiger partial charge in [0.1, 0.15) is 5.41 Å². The second kappa shape index (κ2) is 8.88. The molecule has 1 N–H and O–H groups in total. The second-order valence-corrected chi connectivity index (χ2v) is 10.3. The number of amides is 4. The van der Waals surface area contributed by atoms with Crippen LogP contribution in [0.3, 0.4) is 0 Å². The number of likely N-dealkylation sites (tertiary alicyclic amines) is 1. The SMILES string of the molecule is C=CCN1C(=O)NC(=O)C(Cc2ccc3c(c2)OCO3)(CN2C[C@H]3C[C@H](C2)c2cccc(=O)n2C3)C1=O. The third-order valence-electron chi connectivity index (χ3n) is 7.86. The zero-order valence-corrected chi connectivity index (χ0v) is 20.4. The summed E-state index contributed by atoms with van der Waals surface area (Å²) >= 11 is 0. The molecule has 2 saturated heterocycles. The van der Waals surface area contributed by atoms with Gasteiger partial charge in [0.15, 0.2) is 11.5 Å². The summed E-state index contributed by atoms with van der Waals surface area (Å²) in [5.41, 5.74) is 0.198. The molecule has 2 fully saturated rings. The van der Waals surface area contributed by atoms with Gasteiger partial charge in [-0.3, -0.25) is 24.6 Å². The summed E-state index contributed by atoms with van der Waals surface area (Å²) in [7, 11) is 0. The minimum Gasteiger partial charge on any atom is -0.454 e. The molecule has 5 heterocycles. The molecule has 0 aliphatic carbocycles. The van der Waals surface area contributed by atoms with Crippen LogP contribution < -0.4 is 20.3 Å². The van der Waals surface area contributed by atoms with Gasteiger partial charge in [-0.25, -0.2) is 4.79 Å². The number of hydrogen-bond acceptors (Lipinski definition) is 7. The summed E-state index contributed by atoms with van der Waals surface area (Å²) in [5, 5.41) is 2.42. The number of nitrogens with zero attached hydrogens (tertiary/aromatic N) is 3. The van der Waals surface area contributed by atoms with E-state index in [1.54, 1.807) is 24.3 Å². The van der Waals surface area contributed by atoms with Crippen molar-refractivity contribution >= 4 is 17.8 Å². The van der Waals surface area contributed by atoms with E-state index < -0.39 is 23.3 Å². The van der Waals surface area contributed by atoms with Crippen molar-refractivity contribution in [3.8, 4) is 11.5 Å². The van der Waals surface area contributed by atoms with Crippen LogP contribution in [0.15, 0.2) is 53.8 Å². The van der Waals surface area contributed by atoms with E-state index in [2.05, 4.69) is 16.8 Å². The van der Waals surface area contributed by atoms with Crippen LogP contribution >= 0.6 is 0 Å². The topological polar surface area (TPSA) is 110 Å². The molecule has 3 atom stereocenters. The number of aromatic nitrogens is 1. The number of piperidine rings is 1. The average Bonchev–Trinajstić information content (AvgIpc) is 3.34.